The van der Waals surface area contributed by atoms with Gasteiger partial charge in [0, 0.05) is 11.4 Å². The van der Waals surface area contributed by atoms with Gasteiger partial charge in [-0.15, -0.1) is 10.2 Å². The van der Waals surface area contributed by atoms with Crippen molar-refractivity contribution in [3.63, 3.8) is 0 Å². The van der Waals surface area contributed by atoms with Gasteiger partial charge in [-0.05, 0) is 47.0 Å². The molecular weight excluding hydrogens is 282 g/mol. The lowest BCUT2D eigenvalue weighted by Crippen LogP contribution is -2.02. The Labute approximate surface area is 109 Å². The van der Waals surface area contributed by atoms with Gasteiger partial charge in [-0.1, -0.05) is 6.07 Å². The van der Waals surface area contributed by atoms with Crippen molar-refractivity contribution in [2.45, 2.75) is 27.3 Å². The number of nitrogens with one attached hydrogen (secondary N) is 1. The maximum atomic E-state index is 5.31. The molecule has 0 fully saturated rings. The average Bonchev–Trinajstić information content (AvgIpc) is 2.62. The number of halogens is 1. The van der Waals surface area contributed by atoms with Gasteiger partial charge in [0.2, 0.25) is 11.8 Å². The molecule has 1 heterocycles. The highest BCUT2D eigenvalue weighted by atomic mass is 79.9. The molecule has 1 aromatic heterocycles. The van der Waals surface area contributed by atoms with Crippen LogP contribution < -0.4 is 5.32 Å². The summed E-state index contributed by atoms with van der Waals surface area (Å²) in [6.07, 6.45) is 0. The first-order chi connectivity index (χ1) is 8.06. The predicted octanol–water partition coefficient (Wildman–Crippen LogP) is 3.37. The molecule has 0 unspecified atom stereocenters. The highest BCUT2D eigenvalue weighted by molar-refractivity contribution is 9.10. The fourth-order valence-electron chi connectivity index (χ4n) is 1.71. The quantitative estimate of drug-likeness (QED) is 0.943. The molecule has 2 rings (SSSR count). The first-order valence-electron chi connectivity index (χ1n) is 5.36. The number of aromatic nitrogens is 2. The van der Waals surface area contributed by atoms with E-state index in [1.165, 1.54) is 11.1 Å². The molecule has 0 aliphatic carbocycles. The third-order valence-corrected chi connectivity index (χ3v) is 3.04. The summed E-state index contributed by atoms with van der Waals surface area (Å²) in [4.78, 5) is 0. The summed E-state index contributed by atoms with van der Waals surface area (Å²) in [5.74, 6) is 1.18. The van der Waals surface area contributed by atoms with Crippen LogP contribution in [-0.4, -0.2) is 10.2 Å². The van der Waals surface area contributed by atoms with Crippen LogP contribution in [0.5, 0.6) is 0 Å². The molecule has 0 saturated heterocycles. The van der Waals surface area contributed by atoms with Crippen molar-refractivity contribution < 1.29 is 4.42 Å². The standard InChI is InChI=1S/C12H14BrN3O/c1-7-4-8(2)12(10(13)5-7)14-6-11-16-15-9(3)17-11/h4-5,14H,6H2,1-3H3. The minimum absolute atomic E-state index is 0.531. The van der Waals surface area contributed by atoms with Crippen molar-refractivity contribution >= 4 is 21.6 Å². The third-order valence-electron chi connectivity index (χ3n) is 2.42. The lowest BCUT2D eigenvalue weighted by Gasteiger charge is -2.11. The first kappa shape index (κ1) is 12.1. The maximum absolute atomic E-state index is 5.31. The van der Waals surface area contributed by atoms with Crippen LogP contribution >= 0.6 is 15.9 Å². The van der Waals surface area contributed by atoms with E-state index < -0.39 is 0 Å². The topological polar surface area (TPSA) is 51.0 Å². The Hall–Kier alpha value is -1.36. The summed E-state index contributed by atoms with van der Waals surface area (Å²) < 4.78 is 6.36. The normalized spacial score (nSPS) is 10.6. The summed E-state index contributed by atoms with van der Waals surface area (Å²) in [5, 5.41) is 11.0. The number of nitrogens with zero attached hydrogens (tertiary/aromatic N) is 2. The van der Waals surface area contributed by atoms with Crippen molar-refractivity contribution in [1.29, 1.82) is 0 Å². The second-order valence-corrected chi connectivity index (χ2v) is 4.86. The average molecular weight is 296 g/mol. The lowest BCUT2D eigenvalue weighted by molar-refractivity contribution is 0.474. The van der Waals surface area contributed by atoms with Crippen molar-refractivity contribution in [2.24, 2.45) is 0 Å². The molecule has 1 aromatic carbocycles. The molecule has 0 atom stereocenters. The van der Waals surface area contributed by atoms with Crippen LogP contribution in [0.25, 0.3) is 0 Å². The van der Waals surface area contributed by atoms with Gasteiger partial charge in [-0.3, -0.25) is 0 Å². The zero-order valence-corrected chi connectivity index (χ0v) is 11.6. The number of benzene rings is 1. The van der Waals surface area contributed by atoms with Crippen LogP contribution in [0, 0.1) is 20.8 Å². The zero-order chi connectivity index (χ0) is 12.4. The number of anilines is 1. The second-order valence-electron chi connectivity index (χ2n) is 4.01. The van der Waals surface area contributed by atoms with Gasteiger partial charge < -0.3 is 9.73 Å². The Morgan fingerprint density at radius 2 is 2.00 bits per heavy atom. The summed E-state index contributed by atoms with van der Waals surface area (Å²) in [7, 11) is 0. The van der Waals surface area contributed by atoms with E-state index in [4.69, 9.17) is 4.42 Å². The first-order valence-corrected chi connectivity index (χ1v) is 6.15. The monoisotopic (exact) mass is 295 g/mol. The molecule has 0 spiro atoms. The second kappa shape index (κ2) is 4.87. The fraction of sp³-hybridized carbons (Fsp3) is 0.333. The minimum atomic E-state index is 0.531. The molecule has 2 aromatic rings. The Morgan fingerprint density at radius 3 is 2.59 bits per heavy atom. The smallest absolute Gasteiger partial charge is 0.235 e. The van der Waals surface area contributed by atoms with Crippen molar-refractivity contribution in [2.75, 3.05) is 5.32 Å². The summed E-state index contributed by atoms with van der Waals surface area (Å²) >= 11 is 3.55. The molecular formula is C12H14BrN3O. The van der Waals surface area contributed by atoms with Crippen LogP contribution in [-0.2, 0) is 6.54 Å². The van der Waals surface area contributed by atoms with Gasteiger partial charge in [0.1, 0.15) is 0 Å². The maximum Gasteiger partial charge on any atom is 0.235 e. The van der Waals surface area contributed by atoms with Crippen molar-refractivity contribution in [3.05, 3.63) is 39.5 Å². The molecule has 90 valence electrons. The largest absolute Gasteiger partial charge is 0.424 e. The van der Waals surface area contributed by atoms with E-state index in [0.29, 0.717) is 18.3 Å². The minimum Gasteiger partial charge on any atom is -0.424 e. The zero-order valence-electron chi connectivity index (χ0n) is 10.0. The molecule has 4 nitrogen and oxygen atoms in total. The Kier molecular flexibility index (Phi) is 3.47. The van der Waals surface area contributed by atoms with Crippen LogP contribution in [0.4, 0.5) is 5.69 Å². The molecule has 0 saturated carbocycles. The molecule has 17 heavy (non-hydrogen) atoms. The van der Waals surface area contributed by atoms with Crippen LogP contribution in [0.1, 0.15) is 22.9 Å². The lowest BCUT2D eigenvalue weighted by atomic mass is 10.1. The number of hydrogen-bond acceptors (Lipinski definition) is 4. The van der Waals surface area contributed by atoms with Crippen molar-refractivity contribution in [3.8, 4) is 0 Å². The Bertz CT molecular complexity index is 513. The van der Waals surface area contributed by atoms with Gasteiger partial charge in [0.15, 0.2) is 0 Å². The molecule has 5 heteroatoms. The number of aryl methyl sites for hydroxylation is 3. The van der Waals surface area contributed by atoms with Gasteiger partial charge in [-0.25, -0.2) is 0 Å². The fourth-order valence-corrected chi connectivity index (χ4v) is 2.53. The van der Waals surface area contributed by atoms with Gasteiger partial charge in [0.25, 0.3) is 0 Å². The van der Waals surface area contributed by atoms with E-state index in [2.05, 4.69) is 57.4 Å². The molecule has 0 amide bonds. The molecule has 0 bridgehead atoms. The Morgan fingerprint density at radius 1 is 1.24 bits per heavy atom. The molecule has 0 aliphatic heterocycles. The van der Waals surface area contributed by atoms with Gasteiger partial charge in [-0.2, -0.15) is 0 Å². The summed E-state index contributed by atoms with van der Waals surface area (Å²) in [6, 6.07) is 4.21. The highest BCUT2D eigenvalue weighted by Crippen LogP contribution is 2.28. The van der Waals surface area contributed by atoms with E-state index in [1.807, 2.05) is 0 Å². The van der Waals surface area contributed by atoms with E-state index in [0.717, 1.165) is 10.2 Å². The number of rotatable bonds is 3. The summed E-state index contributed by atoms with van der Waals surface area (Å²) in [5.41, 5.74) is 3.48. The Balaban J connectivity index is 2.14. The predicted molar refractivity (Wildman–Crippen MR) is 70.0 cm³/mol. The van der Waals surface area contributed by atoms with E-state index >= 15 is 0 Å². The van der Waals surface area contributed by atoms with Gasteiger partial charge in [0.05, 0.1) is 12.2 Å². The van der Waals surface area contributed by atoms with Crippen LogP contribution in [0.2, 0.25) is 0 Å². The van der Waals surface area contributed by atoms with E-state index in [-0.39, 0.29) is 0 Å². The van der Waals surface area contributed by atoms with Crippen LogP contribution in [0.15, 0.2) is 21.0 Å². The third kappa shape index (κ3) is 2.85. The SMILES string of the molecule is Cc1cc(C)c(NCc2nnc(C)o2)c(Br)c1. The van der Waals surface area contributed by atoms with E-state index in [9.17, 15) is 0 Å². The molecule has 0 aliphatic rings. The molecule has 1 N–H and O–H groups in total. The molecule has 0 radical (unpaired) electrons. The number of hydrogen-bond donors (Lipinski definition) is 1. The van der Waals surface area contributed by atoms with E-state index in [1.54, 1.807) is 6.92 Å². The van der Waals surface area contributed by atoms with Crippen molar-refractivity contribution in [1.82, 2.24) is 10.2 Å². The summed E-state index contributed by atoms with van der Waals surface area (Å²) in [6.45, 7) is 6.45. The van der Waals surface area contributed by atoms with Crippen LogP contribution in [0.3, 0.4) is 0 Å². The van der Waals surface area contributed by atoms with Gasteiger partial charge >= 0.3 is 0 Å². The highest BCUT2D eigenvalue weighted by Gasteiger charge is 2.07.